The smallest absolute Gasteiger partial charge is 0.221 e. The zero-order valence-corrected chi connectivity index (χ0v) is 7.54. The zero-order valence-electron chi connectivity index (χ0n) is 6.72. The zero-order chi connectivity index (χ0) is 7.98. The van der Waals surface area contributed by atoms with Crippen molar-refractivity contribution in [3.05, 3.63) is 0 Å². The molecule has 0 saturated carbocycles. The summed E-state index contributed by atoms with van der Waals surface area (Å²) in [5, 5.41) is -0.0869. The summed E-state index contributed by atoms with van der Waals surface area (Å²) in [6, 6.07) is 0. The van der Waals surface area contributed by atoms with Crippen molar-refractivity contribution in [1.82, 2.24) is 0 Å². The number of hydrogen-bond acceptors (Lipinski definition) is 1. The second-order valence-corrected chi connectivity index (χ2v) is 3.12. The summed E-state index contributed by atoms with van der Waals surface area (Å²) >= 11 is 4.51. The van der Waals surface area contributed by atoms with Crippen molar-refractivity contribution in [2.24, 2.45) is 5.92 Å². The van der Waals surface area contributed by atoms with Gasteiger partial charge in [0, 0.05) is 5.92 Å². The van der Waals surface area contributed by atoms with Gasteiger partial charge in [0.2, 0.25) is 5.12 Å². The van der Waals surface area contributed by atoms with E-state index in [0.717, 1.165) is 12.8 Å². The summed E-state index contributed by atoms with van der Waals surface area (Å²) in [4.78, 5) is 10.6. The van der Waals surface area contributed by atoms with E-state index in [4.69, 9.17) is 0 Å². The Bertz CT molecular complexity index is 101. The molecule has 0 aliphatic carbocycles. The van der Waals surface area contributed by atoms with Crippen LogP contribution < -0.4 is 0 Å². The molecule has 1 atom stereocenters. The maximum Gasteiger partial charge on any atom is 0.221 e. The molecule has 0 aliphatic heterocycles. The molecule has 0 heterocycles. The number of carbonyl (C=O) groups is 1. The highest BCUT2D eigenvalue weighted by Crippen LogP contribution is 2.11. The summed E-state index contributed by atoms with van der Waals surface area (Å²) < 4.78 is 0. The molecule has 0 N–H and O–H groups in total. The second kappa shape index (κ2) is 5.66. The Morgan fingerprint density at radius 2 is 2.10 bits per heavy atom. The standard InChI is InChI=1S/C8H15OS/c1-3-4-5-6-7(2)8(9)10/h7H,3-6H2,1-2H3. The number of rotatable bonds is 5. The summed E-state index contributed by atoms with van der Waals surface area (Å²) in [5.74, 6) is 0.0987. The molecule has 1 radical (unpaired) electrons. The van der Waals surface area contributed by atoms with Gasteiger partial charge in [0.15, 0.2) is 0 Å². The molecule has 2 heteroatoms. The quantitative estimate of drug-likeness (QED) is 0.564. The van der Waals surface area contributed by atoms with Crippen LogP contribution in [-0.4, -0.2) is 5.12 Å². The van der Waals surface area contributed by atoms with Gasteiger partial charge >= 0.3 is 0 Å². The first-order valence-corrected chi connectivity index (χ1v) is 4.30. The second-order valence-electron chi connectivity index (χ2n) is 2.72. The highest BCUT2D eigenvalue weighted by molar-refractivity contribution is 7.96. The Morgan fingerprint density at radius 3 is 2.50 bits per heavy atom. The average Bonchev–Trinajstić information content (AvgIpc) is 1.88. The first-order chi connectivity index (χ1) is 4.68. The van der Waals surface area contributed by atoms with E-state index in [9.17, 15) is 4.79 Å². The van der Waals surface area contributed by atoms with E-state index in [2.05, 4.69) is 19.6 Å². The monoisotopic (exact) mass is 159 g/mol. The van der Waals surface area contributed by atoms with E-state index < -0.39 is 0 Å². The van der Waals surface area contributed by atoms with Crippen LogP contribution in [-0.2, 0) is 4.79 Å². The molecule has 0 fully saturated rings. The van der Waals surface area contributed by atoms with Crippen LogP contribution in [0.15, 0.2) is 0 Å². The highest BCUT2D eigenvalue weighted by atomic mass is 32.1. The van der Waals surface area contributed by atoms with Gasteiger partial charge in [-0.1, -0.05) is 33.1 Å². The molecule has 0 aliphatic rings. The predicted molar refractivity (Wildman–Crippen MR) is 45.9 cm³/mol. The minimum atomic E-state index is -0.0869. The average molecular weight is 159 g/mol. The SMILES string of the molecule is CCCCCC(C)C(=O)[S]. The molecule has 0 aromatic carbocycles. The van der Waals surface area contributed by atoms with Crippen molar-refractivity contribution >= 4 is 17.7 Å². The van der Waals surface area contributed by atoms with Gasteiger partial charge < -0.3 is 0 Å². The van der Waals surface area contributed by atoms with Crippen molar-refractivity contribution in [2.75, 3.05) is 0 Å². The Hall–Kier alpha value is -0.110. The Kier molecular flexibility index (Phi) is 5.60. The van der Waals surface area contributed by atoms with E-state index in [-0.39, 0.29) is 11.0 Å². The van der Waals surface area contributed by atoms with Crippen molar-refractivity contribution < 1.29 is 4.79 Å². The van der Waals surface area contributed by atoms with E-state index in [0.29, 0.717) is 0 Å². The number of hydrogen-bond donors (Lipinski definition) is 0. The largest absolute Gasteiger partial charge is 0.282 e. The Morgan fingerprint density at radius 1 is 1.50 bits per heavy atom. The molecule has 0 rings (SSSR count). The van der Waals surface area contributed by atoms with Crippen molar-refractivity contribution in [3.8, 4) is 0 Å². The minimum Gasteiger partial charge on any atom is -0.282 e. The molecule has 0 bridgehead atoms. The van der Waals surface area contributed by atoms with Crippen LogP contribution in [0.4, 0.5) is 0 Å². The molecule has 1 nitrogen and oxygen atoms in total. The van der Waals surface area contributed by atoms with Gasteiger partial charge in [-0.05, 0) is 19.0 Å². The van der Waals surface area contributed by atoms with E-state index in [1.165, 1.54) is 12.8 Å². The lowest BCUT2D eigenvalue weighted by Crippen LogP contribution is -2.02. The summed E-state index contributed by atoms with van der Waals surface area (Å²) in [7, 11) is 0. The predicted octanol–water partition coefficient (Wildman–Crippen LogP) is 2.93. The lowest BCUT2D eigenvalue weighted by Gasteiger charge is -2.03. The molecule has 0 saturated heterocycles. The van der Waals surface area contributed by atoms with Gasteiger partial charge in [-0.25, -0.2) is 0 Å². The van der Waals surface area contributed by atoms with Crippen molar-refractivity contribution in [3.63, 3.8) is 0 Å². The van der Waals surface area contributed by atoms with Crippen LogP contribution in [0.1, 0.15) is 39.5 Å². The van der Waals surface area contributed by atoms with Crippen LogP contribution in [0.5, 0.6) is 0 Å². The van der Waals surface area contributed by atoms with Gasteiger partial charge in [-0.2, -0.15) is 0 Å². The third-order valence-corrected chi connectivity index (χ3v) is 2.05. The lowest BCUT2D eigenvalue weighted by atomic mass is 10.1. The summed E-state index contributed by atoms with van der Waals surface area (Å²) in [6.07, 6.45) is 4.53. The van der Waals surface area contributed by atoms with Crippen LogP contribution >= 0.6 is 12.6 Å². The number of unbranched alkanes of at least 4 members (excludes halogenated alkanes) is 2. The van der Waals surface area contributed by atoms with Crippen LogP contribution in [0.2, 0.25) is 0 Å². The van der Waals surface area contributed by atoms with Gasteiger partial charge in [-0.15, -0.1) is 0 Å². The molecular weight excluding hydrogens is 144 g/mol. The molecule has 0 spiro atoms. The highest BCUT2D eigenvalue weighted by Gasteiger charge is 2.07. The van der Waals surface area contributed by atoms with Crippen LogP contribution in [0.25, 0.3) is 0 Å². The fourth-order valence-corrected chi connectivity index (χ4v) is 0.936. The van der Waals surface area contributed by atoms with Crippen molar-refractivity contribution in [1.29, 1.82) is 0 Å². The fraction of sp³-hybridized carbons (Fsp3) is 0.875. The third kappa shape index (κ3) is 4.74. The molecule has 0 aromatic rings. The van der Waals surface area contributed by atoms with Gasteiger partial charge in [0.05, 0.1) is 0 Å². The molecule has 1 unspecified atom stereocenters. The van der Waals surface area contributed by atoms with Gasteiger partial charge in [-0.3, -0.25) is 4.79 Å². The van der Waals surface area contributed by atoms with E-state index in [1.54, 1.807) is 0 Å². The fourth-order valence-electron chi connectivity index (χ4n) is 0.818. The topological polar surface area (TPSA) is 17.1 Å². The minimum absolute atomic E-state index is 0.0869. The molecule has 10 heavy (non-hydrogen) atoms. The normalized spacial score (nSPS) is 13.0. The summed E-state index contributed by atoms with van der Waals surface area (Å²) in [5.41, 5.74) is 0. The molecular formula is C8H15OS. The third-order valence-electron chi connectivity index (χ3n) is 1.64. The Balaban J connectivity index is 3.21. The van der Waals surface area contributed by atoms with Crippen LogP contribution in [0.3, 0.4) is 0 Å². The van der Waals surface area contributed by atoms with Crippen molar-refractivity contribution in [2.45, 2.75) is 39.5 Å². The molecule has 0 aromatic heterocycles. The maximum atomic E-state index is 10.6. The van der Waals surface area contributed by atoms with Gasteiger partial charge in [0.1, 0.15) is 0 Å². The number of carbonyl (C=O) groups excluding carboxylic acids is 1. The van der Waals surface area contributed by atoms with Gasteiger partial charge in [0.25, 0.3) is 0 Å². The Labute approximate surface area is 68.6 Å². The molecule has 0 amide bonds. The first kappa shape index (κ1) is 9.89. The lowest BCUT2D eigenvalue weighted by molar-refractivity contribution is -0.113. The molecule has 59 valence electrons. The van der Waals surface area contributed by atoms with E-state index in [1.807, 2.05) is 6.92 Å². The maximum absolute atomic E-state index is 10.6. The summed E-state index contributed by atoms with van der Waals surface area (Å²) in [6.45, 7) is 4.06. The van der Waals surface area contributed by atoms with E-state index >= 15 is 0 Å². The first-order valence-electron chi connectivity index (χ1n) is 3.89. The van der Waals surface area contributed by atoms with Crippen LogP contribution in [0, 0.1) is 5.92 Å².